The first-order valence-electron chi connectivity index (χ1n) is 12.2. The van der Waals surface area contributed by atoms with E-state index >= 15 is 0 Å². The monoisotopic (exact) mass is 472 g/mol. The molecule has 0 heterocycles. The molecule has 3 aromatic carbocycles. The number of rotatable bonds is 12. The molecule has 6 heteroatoms. The summed E-state index contributed by atoms with van der Waals surface area (Å²) < 4.78 is 12.0. The Morgan fingerprint density at radius 1 is 0.657 bits per heavy atom. The molecule has 0 bridgehead atoms. The maximum absolute atomic E-state index is 8.07. The van der Waals surface area contributed by atoms with Gasteiger partial charge < -0.3 is 20.1 Å². The third-order valence-corrected chi connectivity index (χ3v) is 5.40. The van der Waals surface area contributed by atoms with Crippen molar-refractivity contribution in [3.05, 3.63) is 94.5 Å². The Balaban J connectivity index is 1.54. The van der Waals surface area contributed by atoms with Crippen LogP contribution >= 0.6 is 0 Å². The van der Waals surface area contributed by atoms with Crippen molar-refractivity contribution in [2.24, 2.45) is 0 Å². The number of benzene rings is 3. The zero-order valence-electron chi connectivity index (χ0n) is 20.9. The molecular formula is C29H36N4O2. The second-order valence-corrected chi connectivity index (χ2v) is 8.56. The van der Waals surface area contributed by atoms with Crippen LogP contribution in [0, 0.1) is 17.7 Å². The van der Waals surface area contributed by atoms with E-state index in [0.717, 1.165) is 65.2 Å². The van der Waals surface area contributed by atoms with E-state index in [-0.39, 0.29) is 0 Å². The predicted octanol–water partition coefficient (Wildman–Crippen LogP) is 5.80. The van der Waals surface area contributed by atoms with Crippen LogP contribution in [-0.2, 0) is 13.2 Å². The number of amidine groups is 2. The lowest BCUT2D eigenvalue weighted by atomic mass is 10.1. The molecule has 3 aromatic rings. The number of nitrogens with one attached hydrogen (secondary N) is 4. The van der Waals surface area contributed by atoms with E-state index in [9.17, 15) is 0 Å². The standard InChI is InChI=1S/C29H36N4O2/c1-4-14-32-28(30)24-6-10-26(11-7-24)34-19-22-16-21(3)17-23(18-22)20-35-27-12-8-25(9-13-27)29(31)33-15-5-2/h6-13,16-18H,4-5,14-15,19-20H2,1-3H3,(H2,30,32)(H2,31,33). The topological polar surface area (TPSA) is 90.2 Å². The van der Waals surface area contributed by atoms with Gasteiger partial charge in [0.15, 0.2) is 0 Å². The zero-order valence-corrected chi connectivity index (χ0v) is 20.9. The van der Waals surface area contributed by atoms with Gasteiger partial charge in [0.05, 0.1) is 0 Å². The Hall–Kier alpha value is -3.80. The van der Waals surface area contributed by atoms with Gasteiger partial charge in [0.25, 0.3) is 0 Å². The molecule has 6 nitrogen and oxygen atoms in total. The molecule has 0 aliphatic carbocycles. The summed E-state index contributed by atoms with van der Waals surface area (Å²) in [7, 11) is 0. The first-order valence-corrected chi connectivity index (χ1v) is 12.2. The molecule has 0 radical (unpaired) electrons. The number of aryl methyl sites for hydroxylation is 1. The normalized spacial score (nSPS) is 10.5. The fourth-order valence-electron chi connectivity index (χ4n) is 3.59. The molecule has 3 rings (SSSR count). The minimum atomic E-state index is 0.433. The predicted molar refractivity (Wildman–Crippen MR) is 143 cm³/mol. The molecule has 35 heavy (non-hydrogen) atoms. The van der Waals surface area contributed by atoms with Crippen molar-refractivity contribution in [3.8, 4) is 11.5 Å². The third kappa shape index (κ3) is 8.18. The summed E-state index contributed by atoms with van der Waals surface area (Å²) in [6.07, 6.45) is 1.98. The lowest BCUT2D eigenvalue weighted by Crippen LogP contribution is -2.23. The number of hydrogen-bond donors (Lipinski definition) is 4. The Labute approximate surface area is 208 Å². The third-order valence-electron chi connectivity index (χ3n) is 5.40. The quantitative estimate of drug-likeness (QED) is 0.198. The Morgan fingerprint density at radius 2 is 1.06 bits per heavy atom. The highest BCUT2D eigenvalue weighted by atomic mass is 16.5. The molecule has 0 aliphatic rings. The largest absolute Gasteiger partial charge is 0.489 e. The van der Waals surface area contributed by atoms with Crippen molar-refractivity contribution in [2.75, 3.05) is 13.1 Å². The van der Waals surface area contributed by atoms with Crippen LogP contribution in [0.15, 0.2) is 66.7 Å². The lowest BCUT2D eigenvalue weighted by Gasteiger charge is -2.12. The van der Waals surface area contributed by atoms with Crippen LogP contribution in [0.5, 0.6) is 11.5 Å². The van der Waals surface area contributed by atoms with E-state index in [1.54, 1.807) is 0 Å². The van der Waals surface area contributed by atoms with Gasteiger partial charge in [-0.25, -0.2) is 0 Å². The summed E-state index contributed by atoms with van der Waals surface area (Å²) in [6.45, 7) is 8.74. The zero-order chi connectivity index (χ0) is 25.0. The molecule has 0 saturated carbocycles. The van der Waals surface area contributed by atoms with Crippen LogP contribution in [0.3, 0.4) is 0 Å². The summed E-state index contributed by atoms with van der Waals surface area (Å²) >= 11 is 0. The fraction of sp³-hybridized carbons (Fsp3) is 0.310. The first kappa shape index (κ1) is 25.8. The minimum Gasteiger partial charge on any atom is -0.489 e. The highest BCUT2D eigenvalue weighted by molar-refractivity contribution is 5.96. The fourth-order valence-corrected chi connectivity index (χ4v) is 3.59. The van der Waals surface area contributed by atoms with Crippen LogP contribution in [0.25, 0.3) is 0 Å². The molecule has 0 fully saturated rings. The van der Waals surface area contributed by atoms with Crippen molar-refractivity contribution in [1.29, 1.82) is 10.8 Å². The maximum atomic E-state index is 8.07. The average Bonchev–Trinajstić information content (AvgIpc) is 2.88. The molecule has 0 atom stereocenters. The van der Waals surface area contributed by atoms with Crippen molar-refractivity contribution in [2.45, 2.75) is 46.8 Å². The molecular weight excluding hydrogens is 436 g/mol. The van der Waals surface area contributed by atoms with Gasteiger partial charge in [0, 0.05) is 24.2 Å². The molecule has 0 amide bonds. The van der Waals surface area contributed by atoms with Crippen LogP contribution < -0.4 is 20.1 Å². The van der Waals surface area contributed by atoms with Crippen molar-refractivity contribution < 1.29 is 9.47 Å². The molecule has 0 aromatic heterocycles. The van der Waals surface area contributed by atoms with E-state index in [4.69, 9.17) is 20.3 Å². The van der Waals surface area contributed by atoms with Gasteiger partial charge in [-0.3, -0.25) is 10.8 Å². The van der Waals surface area contributed by atoms with Crippen LogP contribution in [-0.4, -0.2) is 24.8 Å². The van der Waals surface area contributed by atoms with E-state index < -0.39 is 0 Å². The molecule has 184 valence electrons. The van der Waals surface area contributed by atoms with Crippen LogP contribution in [0.2, 0.25) is 0 Å². The van der Waals surface area contributed by atoms with E-state index in [0.29, 0.717) is 24.9 Å². The van der Waals surface area contributed by atoms with Crippen molar-refractivity contribution in [3.63, 3.8) is 0 Å². The Kier molecular flexibility index (Phi) is 9.72. The Morgan fingerprint density at radius 3 is 1.43 bits per heavy atom. The first-order chi connectivity index (χ1) is 17.0. The van der Waals surface area contributed by atoms with Crippen molar-refractivity contribution >= 4 is 11.7 Å². The van der Waals surface area contributed by atoms with Gasteiger partial charge in [-0.1, -0.05) is 31.5 Å². The summed E-state index contributed by atoms with van der Waals surface area (Å²) in [5, 5.41) is 22.3. The summed E-state index contributed by atoms with van der Waals surface area (Å²) in [5.74, 6) is 2.41. The van der Waals surface area contributed by atoms with E-state index in [2.05, 4.69) is 49.6 Å². The lowest BCUT2D eigenvalue weighted by molar-refractivity contribution is 0.299. The Bertz CT molecular complexity index is 1020. The maximum Gasteiger partial charge on any atom is 0.125 e. The minimum absolute atomic E-state index is 0.433. The van der Waals surface area contributed by atoms with Crippen molar-refractivity contribution in [1.82, 2.24) is 10.6 Å². The molecule has 0 aliphatic heterocycles. The number of ether oxygens (including phenoxy) is 2. The van der Waals surface area contributed by atoms with Gasteiger partial charge in [-0.05, 0) is 85.5 Å². The van der Waals surface area contributed by atoms with E-state index in [1.807, 2.05) is 48.5 Å². The molecule has 0 saturated heterocycles. The summed E-state index contributed by atoms with van der Waals surface area (Å²) in [6, 6.07) is 21.6. The molecule has 0 spiro atoms. The van der Waals surface area contributed by atoms with E-state index in [1.165, 1.54) is 0 Å². The second-order valence-electron chi connectivity index (χ2n) is 8.56. The number of hydrogen-bond acceptors (Lipinski definition) is 4. The van der Waals surface area contributed by atoms with Crippen LogP contribution in [0.4, 0.5) is 0 Å². The average molecular weight is 473 g/mol. The second kappa shape index (κ2) is 13.2. The molecule has 0 unspecified atom stereocenters. The summed E-state index contributed by atoms with van der Waals surface area (Å²) in [5.41, 5.74) is 5.01. The van der Waals surface area contributed by atoms with Gasteiger partial charge in [-0.2, -0.15) is 0 Å². The van der Waals surface area contributed by atoms with Gasteiger partial charge >= 0.3 is 0 Å². The highest BCUT2D eigenvalue weighted by Crippen LogP contribution is 2.18. The molecule has 4 N–H and O–H groups in total. The van der Waals surface area contributed by atoms with Gasteiger partial charge in [-0.15, -0.1) is 0 Å². The van der Waals surface area contributed by atoms with Gasteiger partial charge in [0.1, 0.15) is 36.4 Å². The SMILES string of the molecule is CCCNC(=N)c1ccc(OCc2cc(C)cc(COc3ccc(C(=N)NCCC)cc3)c2)cc1. The highest BCUT2D eigenvalue weighted by Gasteiger charge is 2.05. The smallest absolute Gasteiger partial charge is 0.125 e. The van der Waals surface area contributed by atoms with Gasteiger partial charge in [0.2, 0.25) is 0 Å². The summed E-state index contributed by atoms with van der Waals surface area (Å²) in [4.78, 5) is 0. The van der Waals surface area contributed by atoms with Crippen LogP contribution in [0.1, 0.15) is 54.5 Å².